The largest absolute Gasteiger partial charge is 0.493 e. The number of ether oxygens (including phenoxy) is 2. The van der Waals surface area contributed by atoms with Crippen molar-refractivity contribution < 1.29 is 9.47 Å². The molecule has 1 fully saturated rings. The summed E-state index contributed by atoms with van der Waals surface area (Å²) >= 11 is 0. The molecule has 1 aliphatic carbocycles. The molecule has 3 heteroatoms. The Labute approximate surface area is 138 Å². The monoisotopic (exact) mass is 311 g/mol. The third-order valence-corrected chi connectivity index (χ3v) is 4.45. The maximum atomic E-state index is 6.16. The number of hydrogen-bond donors (Lipinski definition) is 1. The maximum Gasteiger partial charge on any atom is 0.161 e. The molecule has 0 atom stereocenters. The van der Waals surface area contributed by atoms with Gasteiger partial charge in [0, 0.05) is 12.2 Å². The van der Waals surface area contributed by atoms with Gasteiger partial charge >= 0.3 is 0 Å². The molecule has 3 rings (SSSR count). The average Bonchev–Trinajstić information content (AvgIpc) is 3.07. The molecule has 0 spiro atoms. The second-order valence-electron chi connectivity index (χ2n) is 6.18. The van der Waals surface area contributed by atoms with E-state index in [1.165, 1.54) is 29.7 Å². The van der Waals surface area contributed by atoms with Gasteiger partial charge in [-0.25, -0.2) is 0 Å². The number of benzene rings is 2. The van der Waals surface area contributed by atoms with E-state index >= 15 is 0 Å². The van der Waals surface area contributed by atoms with Crippen molar-refractivity contribution in [1.29, 1.82) is 0 Å². The number of rotatable bonds is 6. The fourth-order valence-corrected chi connectivity index (χ4v) is 3.08. The van der Waals surface area contributed by atoms with E-state index < -0.39 is 0 Å². The lowest BCUT2D eigenvalue weighted by atomic mass is 10.1. The lowest BCUT2D eigenvalue weighted by Gasteiger charge is -2.17. The summed E-state index contributed by atoms with van der Waals surface area (Å²) in [5, 5.41) is 3.49. The zero-order chi connectivity index (χ0) is 16.1. The highest BCUT2D eigenvalue weighted by Gasteiger charge is 2.18. The molecule has 3 nitrogen and oxygen atoms in total. The van der Waals surface area contributed by atoms with Gasteiger partial charge in [-0.3, -0.25) is 0 Å². The van der Waals surface area contributed by atoms with Crippen LogP contribution in [0.5, 0.6) is 11.5 Å². The van der Waals surface area contributed by atoms with Crippen molar-refractivity contribution >= 4 is 5.69 Å². The maximum absolute atomic E-state index is 6.16. The van der Waals surface area contributed by atoms with Gasteiger partial charge in [-0.2, -0.15) is 0 Å². The summed E-state index contributed by atoms with van der Waals surface area (Å²) in [6.07, 6.45) is 5.16. The van der Waals surface area contributed by atoms with Crippen molar-refractivity contribution in [2.24, 2.45) is 0 Å². The van der Waals surface area contributed by atoms with Gasteiger partial charge in [0.1, 0.15) is 0 Å². The van der Waals surface area contributed by atoms with Crippen LogP contribution in [0.3, 0.4) is 0 Å². The van der Waals surface area contributed by atoms with Crippen LogP contribution in [-0.4, -0.2) is 13.2 Å². The molecule has 0 amide bonds. The van der Waals surface area contributed by atoms with Crippen molar-refractivity contribution in [3.05, 3.63) is 53.6 Å². The number of nitrogens with one attached hydrogen (secondary N) is 1. The summed E-state index contributed by atoms with van der Waals surface area (Å²) in [7, 11) is 1.70. The number of hydrogen-bond acceptors (Lipinski definition) is 3. The molecule has 0 aromatic heterocycles. The Balaban J connectivity index is 1.70. The highest BCUT2D eigenvalue weighted by molar-refractivity contribution is 5.51. The van der Waals surface area contributed by atoms with Crippen LogP contribution in [-0.2, 0) is 6.54 Å². The standard InChI is InChI=1S/C20H25NO2/c1-15-7-3-6-10-18(15)21-14-16-11-12-19(22-2)20(13-16)23-17-8-4-5-9-17/h3,6-7,10-13,17,21H,4-5,8-9,14H2,1-2H3. The van der Waals surface area contributed by atoms with Crippen molar-refractivity contribution in [2.45, 2.75) is 45.3 Å². The van der Waals surface area contributed by atoms with Gasteiger partial charge in [-0.1, -0.05) is 24.3 Å². The molecule has 23 heavy (non-hydrogen) atoms. The number of para-hydroxylation sites is 1. The van der Waals surface area contributed by atoms with E-state index in [0.29, 0.717) is 6.10 Å². The number of methoxy groups -OCH3 is 1. The van der Waals surface area contributed by atoms with E-state index in [4.69, 9.17) is 9.47 Å². The molecular formula is C20H25NO2. The zero-order valence-corrected chi connectivity index (χ0v) is 14.0. The summed E-state index contributed by atoms with van der Waals surface area (Å²) in [5.41, 5.74) is 3.62. The third kappa shape index (κ3) is 3.98. The summed E-state index contributed by atoms with van der Waals surface area (Å²) in [4.78, 5) is 0. The minimum atomic E-state index is 0.337. The first kappa shape index (κ1) is 15.7. The Bertz CT molecular complexity index is 648. The summed E-state index contributed by atoms with van der Waals surface area (Å²) in [6.45, 7) is 2.89. The van der Waals surface area contributed by atoms with Crippen LogP contribution in [0.4, 0.5) is 5.69 Å². The fraction of sp³-hybridized carbons (Fsp3) is 0.400. The summed E-state index contributed by atoms with van der Waals surface area (Å²) in [5.74, 6) is 1.68. The molecule has 0 saturated heterocycles. The van der Waals surface area contributed by atoms with Gasteiger partial charge in [0.2, 0.25) is 0 Å². The zero-order valence-electron chi connectivity index (χ0n) is 14.0. The Morgan fingerprint density at radius 3 is 2.57 bits per heavy atom. The van der Waals surface area contributed by atoms with Crippen LogP contribution >= 0.6 is 0 Å². The van der Waals surface area contributed by atoms with Gasteiger partial charge in [0.15, 0.2) is 11.5 Å². The Kier molecular flexibility index (Phi) is 5.06. The second kappa shape index (κ2) is 7.40. The fourth-order valence-electron chi connectivity index (χ4n) is 3.08. The van der Waals surface area contributed by atoms with Crippen LogP contribution in [0.15, 0.2) is 42.5 Å². The predicted molar refractivity (Wildman–Crippen MR) is 94.4 cm³/mol. The van der Waals surface area contributed by atoms with Crippen LogP contribution in [0, 0.1) is 6.92 Å². The molecule has 122 valence electrons. The lowest BCUT2D eigenvalue weighted by Crippen LogP contribution is -2.12. The highest BCUT2D eigenvalue weighted by atomic mass is 16.5. The molecule has 1 N–H and O–H groups in total. The molecule has 1 aliphatic rings. The van der Waals surface area contributed by atoms with Crippen molar-refractivity contribution in [3.8, 4) is 11.5 Å². The van der Waals surface area contributed by atoms with Crippen LogP contribution in [0.2, 0.25) is 0 Å². The molecule has 2 aromatic rings. The van der Waals surface area contributed by atoms with Crippen LogP contribution < -0.4 is 14.8 Å². The van der Waals surface area contributed by atoms with Crippen LogP contribution in [0.1, 0.15) is 36.8 Å². The van der Waals surface area contributed by atoms with E-state index in [9.17, 15) is 0 Å². The van der Waals surface area contributed by atoms with Gasteiger partial charge in [0.25, 0.3) is 0 Å². The smallest absolute Gasteiger partial charge is 0.161 e. The number of aryl methyl sites for hydroxylation is 1. The normalized spacial score (nSPS) is 14.7. The van der Waals surface area contributed by atoms with E-state index in [1.54, 1.807) is 7.11 Å². The Hall–Kier alpha value is -2.16. The molecule has 0 aliphatic heterocycles. The summed E-state index contributed by atoms with van der Waals surface area (Å²) in [6, 6.07) is 14.5. The molecule has 0 unspecified atom stereocenters. The van der Waals surface area contributed by atoms with E-state index in [-0.39, 0.29) is 0 Å². The van der Waals surface area contributed by atoms with Crippen molar-refractivity contribution in [1.82, 2.24) is 0 Å². The van der Waals surface area contributed by atoms with Gasteiger partial charge < -0.3 is 14.8 Å². The average molecular weight is 311 g/mol. The first-order valence-electron chi connectivity index (χ1n) is 8.39. The quantitative estimate of drug-likeness (QED) is 0.820. The number of anilines is 1. The van der Waals surface area contributed by atoms with E-state index in [1.807, 2.05) is 6.07 Å². The van der Waals surface area contributed by atoms with E-state index in [0.717, 1.165) is 30.9 Å². The van der Waals surface area contributed by atoms with Gasteiger partial charge in [-0.15, -0.1) is 0 Å². The van der Waals surface area contributed by atoms with Crippen molar-refractivity contribution in [2.75, 3.05) is 12.4 Å². The second-order valence-corrected chi connectivity index (χ2v) is 6.18. The minimum absolute atomic E-state index is 0.337. The molecule has 0 heterocycles. The molecular weight excluding hydrogens is 286 g/mol. The molecule has 2 aromatic carbocycles. The van der Waals surface area contributed by atoms with Gasteiger partial charge in [-0.05, 0) is 61.9 Å². The molecule has 0 radical (unpaired) electrons. The van der Waals surface area contributed by atoms with Crippen LogP contribution in [0.25, 0.3) is 0 Å². The minimum Gasteiger partial charge on any atom is -0.493 e. The molecule has 1 saturated carbocycles. The predicted octanol–water partition coefficient (Wildman–Crippen LogP) is 4.94. The molecule has 0 bridgehead atoms. The van der Waals surface area contributed by atoms with E-state index in [2.05, 4.69) is 48.6 Å². The first-order chi connectivity index (χ1) is 11.3. The Morgan fingerprint density at radius 2 is 1.83 bits per heavy atom. The van der Waals surface area contributed by atoms with Gasteiger partial charge in [0.05, 0.1) is 13.2 Å². The van der Waals surface area contributed by atoms with Crippen molar-refractivity contribution in [3.63, 3.8) is 0 Å². The summed E-state index contributed by atoms with van der Waals surface area (Å²) < 4.78 is 11.6. The SMILES string of the molecule is COc1ccc(CNc2ccccc2C)cc1OC1CCCC1. The third-order valence-electron chi connectivity index (χ3n) is 4.45. The Morgan fingerprint density at radius 1 is 1.04 bits per heavy atom. The topological polar surface area (TPSA) is 30.5 Å². The highest BCUT2D eigenvalue weighted by Crippen LogP contribution is 2.32. The first-order valence-corrected chi connectivity index (χ1v) is 8.39. The lowest BCUT2D eigenvalue weighted by molar-refractivity contribution is 0.200.